The summed E-state index contributed by atoms with van der Waals surface area (Å²) < 4.78 is 2.84. The number of halogens is 1. The monoisotopic (exact) mass is 400 g/mol. The second kappa shape index (κ2) is 6.96. The number of aryl methyl sites for hydroxylation is 4. The molecule has 0 aliphatic rings. The first-order valence-electron chi connectivity index (χ1n) is 8.23. The summed E-state index contributed by atoms with van der Waals surface area (Å²) in [6.45, 7) is 7.98. The largest absolute Gasteiger partial charge is 0.326 e. The molecule has 0 saturated heterocycles. The number of rotatable bonds is 4. The van der Waals surface area contributed by atoms with Crippen LogP contribution in [0, 0.1) is 27.7 Å². The fourth-order valence-corrected chi connectivity index (χ4v) is 3.31. The Morgan fingerprint density at radius 3 is 2.68 bits per heavy atom. The Balaban J connectivity index is 1.73. The Bertz CT molecular complexity index is 962. The van der Waals surface area contributed by atoms with Gasteiger partial charge in [0.25, 0.3) is 0 Å². The van der Waals surface area contributed by atoms with Gasteiger partial charge in [-0.15, -0.1) is 0 Å². The summed E-state index contributed by atoms with van der Waals surface area (Å²) in [5, 5.41) is 7.42. The summed E-state index contributed by atoms with van der Waals surface area (Å²) in [6.07, 6.45) is 1.04. The normalized spacial score (nSPS) is 11.1. The zero-order valence-electron chi connectivity index (χ0n) is 14.9. The summed E-state index contributed by atoms with van der Waals surface area (Å²) >= 11 is 3.49. The Kier molecular flexibility index (Phi) is 4.90. The average molecular weight is 401 g/mol. The van der Waals surface area contributed by atoms with E-state index in [-0.39, 0.29) is 5.91 Å². The molecule has 0 bridgehead atoms. The van der Waals surface area contributed by atoms with Crippen LogP contribution in [0.4, 0.5) is 5.69 Å². The smallest absolute Gasteiger partial charge is 0.224 e. The second-order valence-corrected chi connectivity index (χ2v) is 7.18. The highest BCUT2D eigenvalue weighted by molar-refractivity contribution is 9.10. The topological polar surface area (TPSA) is 59.3 Å². The van der Waals surface area contributed by atoms with E-state index in [1.165, 1.54) is 0 Å². The van der Waals surface area contributed by atoms with Gasteiger partial charge in [-0.2, -0.15) is 5.10 Å². The molecule has 0 radical (unpaired) electrons. The molecular formula is C19H21BrN4O. The minimum Gasteiger partial charge on any atom is -0.326 e. The summed E-state index contributed by atoms with van der Waals surface area (Å²) in [5.41, 5.74) is 6.80. The Hall–Kier alpha value is -2.21. The summed E-state index contributed by atoms with van der Waals surface area (Å²) in [6, 6.07) is 7.77. The van der Waals surface area contributed by atoms with Crippen LogP contribution in [-0.4, -0.2) is 20.5 Å². The number of hydrogen-bond donors (Lipinski definition) is 1. The molecule has 0 unspecified atom stereocenters. The van der Waals surface area contributed by atoms with E-state index >= 15 is 0 Å². The molecule has 0 aliphatic heterocycles. The van der Waals surface area contributed by atoms with Crippen LogP contribution in [0.25, 0.3) is 5.65 Å². The number of nitrogens with one attached hydrogen (secondary N) is 1. The Morgan fingerprint density at radius 2 is 1.96 bits per heavy atom. The lowest BCUT2D eigenvalue weighted by Gasteiger charge is -2.11. The highest BCUT2D eigenvalue weighted by atomic mass is 79.9. The van der Waals surface area contributed by atoms with Gasteiger partial charge in [-0.3, -0.25) is 4.79 Å². The van der Waals surface area contributed by atoms with Gasteiger partial charge in [-0.05, 0) is 57.4 Å². The number of fused-ring (bicyclic) bond motifs is 1. The third-order valence-electron chi connectivity index (χ3n) is 4.34. The molecule has 0 saturated carbocycles. The number of carbonyl (C=O) groups is 1. The zero-order chi connectivity index (χ0) is 18.1. The third kappa shape index (κ3) is 3.74. The van der Waals surface area contributed by atoms with Gasteiger partial charge in [0.2, 0.25) is 5.91 Å². The van der Waals surface area contributed by atoms with Crippen molar-refractivity contribution in [1.29, 1.82) is 0 Å². The van der Waals surface area contributed by atoms with Crippen LogP contribution < -0.4 is 5.32 Å². The van der Waals surface area contributed by atoms with Crippen molar-refractivity contribution in [1.82, 2.24) is 14.6 Å². The molecule has 0 fully saturated rings. The first-order chi connectivity index (χ1) is 11.8. The van der Waals surface area contributed by atoms with Crippen LogP contribution in [-0.2, 0) is 11.2 Å². The summed E-state index contributed by atoms with van der Waals surface area (Å²) in [7, 11) is 0. The van der Waals surface area contributed by atoms with Crippen LogP contribution in [0.3, 0.4) is 0 Å². The van der Waals surface area contributed by atoms with Crippen LogP contribution in [0.2, 0.25) is 0 Å². The van der Waals surface area contributed by atoms with Crippen LogP contribution >= 0.6 is 15.9 Å². The van der Waals surface area contributed by atoms with Crippen molar-refractivity contribution in [3.05, 3.63) is 56.9 Å². The minimum absolute atomic E-state index is 0.00806. The molecule has 2 aromatic heterocycles. The number of amides is 1. The molecule has 6 heteroatoms. The van der Waals surface area contributed by atoms with E-state index in [9.17, 15) is 4.79 Å². The predicted molar refractivity (Wildman–Crippen MR) is 103 cm³/mol. The Morgan fingerprint density at radius 1 is 1.20 bits per heavy atom. The van der Waals surface area contributed by atoms with Crippen molar-refractivity contribution in [2.24, 2.45) is 0 Å². The zero-order valence-corrected chi connectivity index (χ0v) is 16.4. The van der Waals surface area contributed by atoms with Crippen molar-refractivity contribution in [3.8, 4) is 0 Å². The highest BCUT2D eigenvalue weighted by Gasteiger charge is 2.13. The van der Waals surface area contributed by atoms with Crippen LogP contribution in [0.1, 0.15) is 34.6 Å². The fraction of sp³-hybridized carbons (Fsp3) is 0.316. The molecule has 1 N–H and O–H groups in total. The van der Waals surface area contributed by atoms with Gasteiger partial charge in [-0.25, -0.2) is 9.50 Å². The minimum atomic E-state index is -0.00806. The molecule has 3 aromatic rings. The summed E-state index contributed by atoms with van der Waals surface area (Å²) in [5.74, 6) is -0.00806. The lowest BCUT2D eigenvalue weighted by atomic mass is 10.1. The lowest BCUT2D eigenvalue weighted by molar-refractivity contribution is -0.116. The molecule has 1 amide bonds. The van der Waals surface area contributed by atoms with E-state index in [1.54, 1.807) is 0 Å². The first-order valence-corrected chi connectivity index (χ1v) is 9.03. The molecular weight excluding hydrogens is 380 g/mol. The lowest BCUT2D eigenvalue weighted by Crippen LogP contribution is -2.14. The molecule has 1 aromatic carbocycles. The van der Waals surface area contributed by atoms with Gasteiger partial charge in [0.15, 0.2) is 5.65 Å². The molecule has 130 valence electrons. The average Bonchev–Trinajstić information content (AvgIpc) is 2.91. The Labute approximate surface area is 155 Å². The van der Waals surface area contributed by atoms with Gasteiger partial charge in [0.05, 0.1) is 5.69 Å². The maximum absolute atomic E-state index is 12.3. The van der Waals surface area contributed by atoms with E-state index in [1.807, 2.05) is 56.5 Å². The van der Waals surface area contributed by atoms with Gasteiger partial charge in [0, 0.05) is 34.0 Å². The quantitative estimate of drug-likeness (QED) is 0.709. The van der Waals surface area contributed by atoms with Crippen molar-refractivity contribution in [2.45, 2.75) is 40.5 Å². The molecule has 0 atom stereocenters. The van der Waals surface area contributed by atoms with E-state index in [0.717, 1.165) is 44.0 Å². The fourth-order valence-electron chi connectivity index (χ4n) is 2.94. The molecule has 25 heavy (non-hydrogen) atoms. The number of hydrogen-bond acceptors (Lipinski definition) is 3. The molecule has 5 nitrogen and oxygen atoms in total. The molecule has 2 heterocycles. The standard InChI is InChI=1S/C19H21BrN4O/c1-11-5-6-15(10-17(11)20)22-19(25)8-7-16-13(3)21-18-9-12(2)23-24(18)14(16)4/h5-6,9-10H,7-8H2,1-4H3,(H,22,25). The van der Waals surface area contributed by atoms with E-state index in [2.05, 4.69) is 31.3 Å². The van der Waals surface area contributed by atoms with Gasteiger partial charge >= 0.3 is 0 Å². The van der Waals surface area contributed by atoms with Gasteiger partial charge in [-0.1, -0.05) is 22.0 Å². The van der Waals surface area contributed by atoms with E-state index in [0.29, 0.717) is 12.8 Å². The van der Waals surface area contributed by atoms with Gasteiger partial charge < -0.3 is 5.32 Å². The SMILES string of the molecule is Cc1cc2nc(C)c(CCC(=O)Nc3ccc(C)c(Br)c3)c(C)n2n1. The molecule has 0 aliphatic carbocycles. The predicted octanol–water partition coefficient (Wildman–Crippen LogP) is 4.30. The first kappa shape index (κ1) is 17.6. The van der Waals surface area contributed by atoms with Gasteiger partial charge in [0.1, 0.15) is 0 Å². The maximum atomic E-state index is 12.3. The highest BCUT2D eigenvalue weighted by Crippen LogP contribution is 2.21. The summed E-state index contributed by atoms with van der Waals surface area (Å²) in [4.78, 5) is 16.9. The second-order valence-electron chi connectivity index (χ2n) is 6.33. The third-order valence-corrected chi connectivity index (χ3v) is 5.20. The van der Waals surface area contributed by atoms with Crippen molar-refractivity contribution in [3.63, 3.8) is 0 Å². The van der Waals surface area contributed by atoms with Crippen molar-refractivity contribution in [2.75, 3.05) is 5.32 Å². The van der Waals surface area contributed by atoms with Crippen molar-refractivity contribution >= 4 is 33.2 Å². The molecule has 3 rings (SSSR count). The number of anilines is 1. The van der Waals surface area contributed by atoms with E-state index in [4.69, 9.17) is 0 Å². The van der Waals surface area contributed by atoms with Crippen LogP contribution in [0.15, 0.2) is 28.7 Å². The number of benzene rings is 1. The number of nitrogens with zero attached hydrogens (tertiary/aromatic N) is 3. The van der Waals surface area contributed by atoms with Crippen molar-refractivity contribution < 1.29 is 4.79 Å². The number of carbonyl (C=O) groups excluding carboxylic acids is 1. The number of aromatic nitrogens is 3. The maximum Gasteiger partial charge on any atom is 0.224 e. The van der Waals surface area contributed by atoms with E-state index < -0.39 is 0 Å². The molecule has 0 spiro atoms. The van der Waals surface area contributed by atoms with Crippen LogP contribution in [0.5, 0.6) is 0 Å².